The third-order valence-electron chi connectivity index (χ3n) is 4.73. The number of thiophene rings is 1. The zero-order chi connectivity index (χ0) is 26.6. The summed E-state index contributed by atoms with van der Waals surface area (Å²) < 4.78 is 37.4. The number of carbonyl (C=O) groups excluding carboxylic acids is 2. The molecule has 1 aromatic heterocycles. The zero-order valence-electron chi connectivity index (χ0n) is 19.0. The van der Waals surface area contributed by atoms with E-state index >= 15 is 0 Å². The molecule has 36 heavy (non-hydrogen) atoms. The van der Waals surface area contributed by atoms with Crippen molar-refractivity contribution in [3.63, 3.8) is 0 Å². The van der Waals surface area contributed by atoms with Crippen LogP contribution in [0.4, 0.5) is 16.4 Å². The first-order valence-electron chi connectivity index (χ1n) is 9.92. The van der Waals surface area contributed by atoms with Crippen LogP contribution in [-0.2, 0) is 19.5 Å². The zero-order valence-corrected chi connectivity index (χ0v) is 22.9. The molecular formula is C22H19Cl2N3O6S3. The van der Waals surface area contributed by atoms with Crippen LogP contribution in [0.15, 0.2) is 47.4 Å². The standard InChI is InChI=1S/C22H19Cl2N3O6S3/c1-11-17(20(28)32-2)19(35-18(11)21(29)33-3)26-22(34)25-12-4-7-14(8-5-12)36(30,31)27-13-6-9-15(23)16(24)10-13/h4-10,27H,1-3H3,(H2,25,26,34). The van der Waals surface area contributed by atoms with Gasteiger partial charge in [0.15, 0.2) is 5.11 Å². The second-order valence-electron chi connectivity index (χ2n) is 7.08. The second-order valence-corrected chi connectivity index (χ2v) is 11.0. The first kappa shape index (κ1) is 27.7. The molecule has 1 heterocycles. The number of methoxy groups -OCH3 is 2. The Morgan fingerprint density at radius 2 is 1.53 bits per heavy atom. The van der Waals surface area contributed by atoms with Crippen molar-refractivity contribution < 1.29 is 27.5 Å². The maximum Gasteiger partial charge on any atom is 0.348 e. The van der Waals surface area contributed by atoms with Gasteiger partial charge in [-0.3, -0.25) is 4.72 Å². The largest absolute Gasteiger partial charge is 0.465 e. The van der Waals surface area contributed by atoms with E-state index < -0.39 is 22.0 Å². The van der Waals surface area contributed by atoms with Gasteiger partial charge in [-0.05, 0) is 67.2 Å². The topological polar surface area (TPSA) is 123 Å². The highest BCUT2D eigenvalue weighted by molar-refractivity contribution is 7.92. The molecule has 0 radical (unpaired) electrons. The summed E-state index contributed by atoms with van der Waals surface area (Å²) in [5.74, 6) is -1.24. The minimum Gasteiger partial charge on any atom is -0.465 e. The summed E-state index contributed by atoms with van der Waals surface area (Å²) in [5.41, 5.74) is 1.29. The molecule has 0 aliphatic carbocycles. The van der Waals surface area contributed by atoms with E-state index in [9.17, 15) is 18.0 Å². The lowest BCUT2D eigenvalue weighted by Crippen LogP contribution is -2.20. The molecule has 3 aromatic rings. The molecule has 0 unspecified atom stereocenters. The van der Waals surface area contributed by atoms with Crippen molar-refractivity contribution in [2.75, 3.05) is 29.6 Å². The number of rotatable bonds is 7. The molecule has 0 aliphatic heterocycles. The van der Waals surface area contributed by atoms with Crippen LogP contribution in [0.5, 0.6) is 0 Å². The molecule has 9 nitrogen and oxygen atoms in total. The van der Waals surface area contributed by atoms with Gasteiger partial charge in [-0.2, -0.15) is 0 Å². The van der Waals surface area contributed by atoms with Crippen LogP contribution in [0.1, 0.15) is 25.6 Å². The Balaban J connectivity index is 1.74. The number of ether oxygens (including phenoxy) is 2. The normalized spacial score (nSPS) is 10.9. The number of anilines is 3. The molecule has 0 fully saturated rings. The van der Waals surface area contributed by atoms with Crippen molar-refractivity contribution in [3.05, 3.63) is 68.5 Å². The molecule has 0 atom stereocenters. The van der Waals surface area contributed by atoms with E-state index in [1.807, 2.05) is 0 Å². The lowest BCUT2D eigenvalue weighted by Gasteiger charge is -2.12. The maximum atomic E-state index is 12.7. The van der Waals surface area contributed by atoms with Crippen LogP contribution >= 0.6 is 46.8 Å². The Kier molecular flexibility index (Phi) is 8.80. The number of esters is 2. The summed E-state index contributed by atoms with van der Waals surface area (Å²) in [6, 6.07) is 10.2. The highest BCUT2D eigenvalue weighted by Crippen LogP contribution is 2.34. The Labute approximate surface area is 226 Å². The van der Waals surface area contributed by atoms with Crippen LogP contribution in [-0.4, -0.2) is 39.7 Å². The molecule has 2 aromatic carbocycles. The van der Waals surface area contributed by atoms with Gasteiger partial charge in [-0.15, -0.1) is 11.3 Å². The highest BCUT2D eigenvalue weighted by Gasteiger charge is 2.26. The Bertz CT molecular complexity index is 1440. The molecule has 0 saturated carbocycles. The van der Waals surface area contributed by atoms with Gasteiger partial charge in [-0.1, -0.05) is 23.2 Å². The molecule has 190 valence electrons. The van der Waals surface area contributed by atoms with Crippen molar-refractivity contribution in [3.8, 4) is 0 Å². The van der Waals surface area contributed by atoms with Crippen molar-refractivity contribution in [2.45, 2.75) is 11.8 Å². The van der Waals surface area contributed by atoms with Gasteiger partial charge in [-0.25, -0.2) is 18.0 Å². The lowest BCUT2D eigenvalue weighted by molar-refractivity contribution is 0.0601. The van der Waals surface area contributed by atoms with E-state index in [0.717, 1.165) is 11.3 Å². The van der Waals surface area contributed by atoms with Crippen LogP contribution in [0, 0.1) is 6.92 Å². The van der Waals surface area contributed by atoms with Crippen molar-refractivity contribution in [1.82, 2.24) is 0 Å². The molecule has 14 heteroatoms. The average molecular weight is 589 g/mol. The summed E-state index contributed by atoms with van der Waals surface area (Å²) in [6.45, 7) is 1.60. The SMILES string of the molecule is COC(=O)c1sc(NC(=S)Nc2ccc(S(=O)(=O)Nc3ccc(Cl)c(Cl)c3)cc2)c(C(=O)OC)c1C. The molecule has 0 bridgehead atoms. The highest BCUT2D eigenvalue weighted by atomic mass is 35.5. The Morgan fingerprint density at radius 1 is 0.917 bits per heavy atom. The number of halogens is 2. The monoisotopic (exact) mass is 587 g/mol. The molecule has 0 spiro atoms. The van der Waals surface area contributed by atoms with Crippen LogP contribution in [0.3, 0.4) is 0 Å². The molecule has 3 N–H and O–H groups in total. The third-order valence-corrected chi connectivity index (χ3v) is 8.26. The van der Waals surface area contributed by atoms with E-state index in [1.54, 1.807) is 6.92 Å². The number of thiocarbonyl (C=S) groups is 1. The predicted molar refractivity (Wildman–Crippen MR) is 145 cm³/mol. The third kappa shape index (κ3) is 6.26. The fraction of sp³-hybridized carbons (Fsp3) is 0.136. The Hall–Kier alpha value is -2.90. The molecule has 0 amide bonds. The smallest absolute Gasteiger partial charge is 0.348 e. The number of hydrogen-bond donors (Lipinski definition) is 3. The minimum atomic E-state index is -3.89. The quantitative estimate of drug-likeness (QED) is 0.241. The van der Waals surface area contributed by atoms with Gasteiger partial charge in [0.25, 0.3) is 10.0 Å². The van der Waals surface area contributed by atoms with Gasteiger partial charge < -0.3 is 20.1 Å². The van der Waals surface area contributed by atoms with E-state index in [0.29, 0.717) is 21.3 Å². The van der Waals surface area contributed by atoms with Crippen molar-refractivity contribution in [1.29, 1.82) is 0 Å². The number of carbonyl (C=O) groups is 2. The number of nitrogens with one attached hydrogen (secondary N) is 3. The number of hydrogen-bond acceptors (Lipinski definition) is 8. The Morgan fingerprint density at radius 3 is 2.11 bits per heavy atom. The van der Waals surface area contributed by atoms with Crippen molar-refractivity contribution in [2.24, 2.45) is 0 Å². The molecule has 0 aliphatic rings. The van der Waals surface area contributed by atoms with E-state index in [1.165, 1.54) is 56.7 Å². The van der Waals surface area contributed by atoms with Gasteiger partial charge in [0.1, 0.15) is 9.88 Å². The van der Waals surface area contributed by atoms with Crippen LogP contribution in [0.25, 0.3) is 0 Å². The predicted octanol–water partition coefficient (Wildman–Crippen LogP) is 5.55. The van der Waals surface area contributed by atoms with Gasteiger partial charge in [0.2, 0.25) is 0 Å². The van der Waals surface area contributed by atoms with Crippen molar-refractivity contribution >= 4 is 90.2 Å². The average Bonchev–Trinajstić information content (AvgIpc) is 3.15. The van der Waals surface area contributed by atoms with Gasteiger partial charge in [0.05, 0.1) is 40.4 Å². The summed E-state index contributed by atoms with van der Waals surface area (Å²) in [7, 11) is -1.42. The first-order valence-corrected chi connectivity index (χ1v) is 13.4. The minimum absolute atomic E-state index is 0.00239. The van der Waals surface area contributed by atoms with E-state index in [4.69, 9.17) is 44.9 Å². The summed E-state index contributed by atoms with van der Waals surface area (Å²) in [6.07, 6.45) is 0. The molecule has 0 saturated heterocycles. The van der Waals surface area contributed by atoms with Crippen LogP contribution in [0.2, 0.25) is 10.0 Å². The van der Waals surface area contributed by atoms with E-state index in [2.05, 4.69) is 15.4 Å². The van der Waals surface area contributed by atoms with Crippen LogP contribution < -0.4 is 15.4 Å². The molecular weight excluding hydrogens is 569 g/mol. The fourth-order valence-electron chi connectivity index (χ4n) is 2.99. The first-order chi connectivity index (χ1) is 17.0. The van der Waals surface area contributed by atoms with E-state index in [-0.39, 0.29) is 31.2 Å². The summed E-state index contributed by atoms with van der Waals surface area (Å²) >= 11 is 18.1. The summed E-state index contributed by atoms with van der Waals surface area (Å²) in [5, 5.41) is 6.69. The number of benzene rings is 2. The molecule has 3 rings (SSSR count). The lowest BCUT2D eigenvalue weighted by atomic mass is 10.1. The van der Waals surface area contributed by atoms with Gasteiger partial charge in [0, 0.05) is 5.69 Å². The van der Waals surface area contributed by atoms with Gasteiger partial charge >= 0.3 is 11.9 Å². The second kappa shape index (κ2) is 11.4. The number of sulfonamides is 1. The fourth-order valence-corrected chi connectivity index (χ4v) is 5.74. The summed E-state index contributed by atoms with van der Waals surface area (Å²) in [4.78, 5) is 24.5. The maximum absolute atomic E-state index is 12.7.